The Morgan fingerprint density at radius 2 is 2.09 bits per heavy atom. The van der Waals surface area contributed by atoms with E-state index in [9.17, 15) is 9.59 Å². The van der Waals surface area contributed by atoms with Crippen LogP contribution in [0.25, 0.3) is 0 Å². The zero-order valence-corrected chi connectivity index (χ0v) is 12.6. The monoisotopic (exact) mass is 301 g/mol. The van der Waals surface area contributed by atoms with E-state index in [0.717, 1.165) is 5.56 Å². The van der Waals surface area contributed by atoms with Crippen LogP contribution in [0.1, 0.15) is 32.3 Å². The molecule has 4 N–H and O–H groups in total. The maximum absolute atomic E-state index is 11.8. The van der Waals surface area contributed by atoms with E-state index in [0.29, 0.717) is 23.5 Å². The van der Waals surface area contributed by atoms with Crippen LogP contribution in [0.4, 0.5) is 5.69 Å². The van der Waals surface area contributed by atoms with Gasteiger partial charge in [-0.25, -0.2) is 10.9 Å². The van der Waals surface area contributed by atoms with Gasteiger partial charge in [-0.1, -0.05) is 12.1 Å². The van der Waals surface area contributed by atoms with E-state index in [2.05, 4.69) is 21.1 Å². The molecule has 0 fully saturated rings. The highest BCUT2D eigenvalue weighted by molar-refractivity contribution is 6.07. The molecule has 2 amide bonds. The van der Waals surface area contributed by atoms with Crippen LogP contribution in [0.3, 0.4) is 0 Å². The summed E-state index contributed by atoms with van der Waals surface area (Å²) in [4.78, 5) is 23.3. The molecule has 7 nitrogen and oxygen atoms in total. The molecule has 116 valence electrons. The van der Waals surface area contributed by atoms with Crippen LogP contribution in [-0.4, -0.2) is 23.2 Å². The fourth-order valence-corrected chi connectivity index (χ4v) is 2.10. The fraction of sp³-hybridized carbons (Fsp3) is 0.333. The van der Waals surface area contributed by atoms with Crippen molar-refractivity contribution in [1.29, 1.82) is 0 Å². The second kappa shape index (κ2) is 6.84. The normalized spacial score (nSPS) is 17.9. The van der Waals surface area contributed by atoms with Crippen LogP contribution in [0.2, 0.25) is 0 Å². The van der Waals surface area contributed by atoms with Crippen LogP contribution in [0, 0.1) is 5.92 Å². The molecule has 0 radical (unpaired) electrons. The van der Waals surface area contributed by atoms with Crippen LogP contribution < -0.4 is 16.6 Å². The average molecular weight is 301 g/mol. The smallest absolute Gasteiger partial charge is 0.248 e. The molecule has 0 spiro atoms. The van der Waals surface area contributed by atoms with Gasteiger partial charge in [-0.3, -0.25) is 9.59 Å². The van der Waals surface area contributed by atoms with Gasteiger partial charge in [0.2, 0.25) is 11.8 Å². The largest absolute Gasteiger partial charge is 0.399 e. The van der Waals surface area contributed by atoms with E-state index in [1.54, 1.807) is 26.0 Å². The highest BCUT2D eigenvalue weighted by Gasteiger charge is 2.26. The number of rotatable bonds is 5. The number of benzene rings is 1. The SMILES string of the molecule is CC1=NNC(=O)[C@H]1CCC(=O)N/N=C(/C)c1ccc(N)cc1. The summed E-state index contributed by atoms with van der Waals surface area (Å²) in [5.41, 5.74) is 13.5. The van der Waals surface area contributed by atoms with Crippen molar-refractivity contribution in [3.63, 3.8) is 0 Å². The lowest BCUT2D eigenvalue weighted by Gasteiger charge is -2.07. The van der Waals surface area contributed by atoms with Crippen molar-refractivity contribution in [3.8, 4) is 0 Å². The van der Waals surface area contributed by atoms with Gasteiger partial charge in [-0.2, -0.15) is 10.2 Å². The molecule has 0 aromatic heterocycles. The number of amides is 2. The zero-order valence-electron chi connectivity index (χ0n) is 12.6. The van der Waals surface area contributed by atoms with Crippen molar-refractivity contribution < 1.29 is 9.59 Å². The van der Waals surface area contributed by atoms with Gasteiger partial charge < -0.3 is 5.73 Å². The molecule has 7 heteroatoms. The first-order valence-electron chi connectivity index (χ1n) is 7.00. The number of anilines is 1. The summed E-state index contributed by atoms with van der Waals surface area (Å²) in [5, 5.41) is 7.90. The molecule has 0 bridgehead atoms. The Morgan fingerprint density at radius 1 is 1.41 bits per heavy atom. The van der Waals surface area contributed by atoms with Crippen LogP contribution in [0.15, 0.2) is 34.5 Å². The van der Waals surface area contributed by atoms with Crippen molar-refractivity contribution in [3.05, 3.63) is 29.8 Å². The predicted molar refractivity (Wildman–Crippen MR) is 85.2 cm³/mol. The van der Waals surface area contributed by atoms with Gasteiger partial charge in [0.1, 0.15) is 0 Å². The average Bonchev–Trinajstić information content (AvgIpc) is 2.82. The molecular formula is C15H19N5O2. The van der Waals surface area contributed by atoms with E-state index in [1.165, 1.54) is 0 Å². The van der Waals surface area contributed by atoms with E-state index in [-0.39, 0.29) is 24.2 Å². The van der Waals surface area contributed by atoms with Crippen molar-refractivity contribution in [2.45, 2.75) is 26.7 Å². The first kappa shape index (κ1) is 15.7. The summed E-state index contributed by atoms with van der Waals surface area (Å²) in [6, 6.07) is 7.22. The van der Waals surface area contributed by atoms with Crippen LogP contribution >= 0.6 is 0 Å². The highest BCUT2D eigenvalue weighted by atomic mass is 16.2. The first-order chi connectivity index (χ1) is 10.5. The third-order valence-corrected chi connectivity index (χ3v) is 3.50. The van der Waals surface area contributed by atoms with Gasteiger partial charge in [0.05, 0.1) is 11.6 Å². The molecule has 0 saturated carbocycles. The second-order valence-corrected chi connectivity index (χ2v) is 5.17. The molecule has 1 aliphatic rings. The van der Waals surface area contributed by atoms with E-state index < -0.39 is 0 Å². The molecule has 1 aromatic rings. The molecule has 0 unspecified atom stereocenters. The standard InChI is InChI=1S/C15H19N5O2/c1-9(11-3-5-12(16)6-4-11)17-19-14(21)8-7-13-10(2)18-20-15(13)22/h3-6,13H,7-8,16H2,1-2H3,(H,19,21)(H,20,22)/b17-9-/t13-/m0/s1. The Hall–Kier alpha value is -2.70. The van der Waals surface area contributed by atoms with Crippen molar-refractivity contribution in [1.82, 2.24) is 10.9 Å². The predicted octanol–water partition coefficient (Wildman–Crippen LogP) is 1.01. The summed E-state index contributed by atoms with van der Waals surface area (Å²) in [6.45, 7) is 3.57. The quantitative estimate of drug-likeness (QED) is 0.429. The Morgan fingerprint density at radius 3 is 2.68 bits per heavy atom. The van der Waals surface area contributed by atoms with Gasteiger partial charge >= 0.3 is 0 Å². The lowest BCUT2D eigenvalue weighted by molar-refractivity contribution is -0.123. The molecule has 1 aliphatic heterocycles. The van der Waals surface area contributed by atoms with Gasteiger partial charge in [0.25, 0.3) is 0 Å². The number of carbonyl (C=O) groups excluding carboxylic acids is 2. The maximum atomic E-state index is 11.8. The topological polar surface area (TPSA) is 109 Å². The van der Waals surface area contributed by atoms with E-state index in [1.807, 2.05) is 12.1 Å². The van der Waals surface area contributed by atoms with Gasteiger partial charge in [0, 0.05) is 17.8 Å². The maximum Gasteiger partial charge on any atom is 0.248 e. The summed E-state index contributed by atoms with van der Waals surface area (Å²) in [5.74, 6) is -0.720. The summed E-state index contributed by atoms with van der Waals surface area (Å²) >= 11 is 0. The van der Waals surface area contributed by atoms with Crippen LogP contribution in [-0.2, 0) is 9.59 Å². The molecular weight excluding hydrogens is 282 g/mol. The van der Waals surface area contributed by atoms with Gasteiger partial charge in [-0.15, -0.1) is 0 Å². The minimum Gasteiger partial charge on any atom is -0.399 e. The molecule has 22 heavy (non-hydrogen) atoms. The van der Waals surface area contributed by atoms with Crippen molar-refractivity contribution in [2.24, 2.45) is 16.1 Å². The number of hydrazone groups is 2. The third kappa shape index (κ3) is 3.91. The van der Waals surface area contributed by atoms with Gasteiger partial charge in [0.15, 0.2) is 0 Å². The number of hydrogen-bond donors (Lipinski definition) is 3. The molecule has 0 saturated heterocycles. The Bertz CT molecular complexity index is 634. The second-order valence-electron chi connectivity index (χ2n) is 5.17. The third-order valence-electron chi connectivity index (χ3n) is 3.50. The Balaban J connectivity index is 1.84. The number of nitrogens with one attached hydrogen (secondary N) is 2. The van der Waals surface area contributed by atoms with E-state index >= 15 is 0 Å². The molecule has 1 aromatic carbocycles. The lowest BCUT2D eigenvalue weighted by Crippen LogP contribution is -2.25. The fourth-order valence-electron chi connectivity index (χ4n) is 2.10. The lowest BCUT2D eigenvalue weighted by atomic mass is 9.99. The van der Waals surface area contributed by atoms with E-state index in [4.69, 9.17) is 5.73 Å². The number of nitrogen functional groups attached to an aromatic ring is 1. The number of nitrogens with two attached hydrogens (primary N) is 1. The van der Waals surface area contributed by atoms with Crippen molar-refractivity contribution >= 4 is 28.9 Å². The minimum atomic E-state index is -0.326. The Labute approximate surface area is 128 Å². The highest BCUT2D eigenvalue weighted by Crippen LogP contribution is 2.13. The summed E-state index contributed by atoms with van der Waals surface area (Å²) in [7, 11) is 0. The summed E-state index contributed by atoms with van der Waals surface area (Å²) in [6.07, 6.45) is 0.632. The minimum absolute atomic E-state index is 0.160. The summed E-state index contributed by atoms with van der Waals surface area (Å²) < 4.78 is 0. The number of nitrogens with zero attached hydrogens (tertiary/aromatic N) is 2. The van der Waals surface area contributed by atoms with Crippen molar-refractivity contribution in [2.75, 3.05) is 5.73 Å². The number of carbonyl (C=O) groups is 2. The zero-order chi connectivity index (χ0) is 16.1. The molecule has 0 aliphatic carbocycles. The van der Waals surface area contributed by atoms with Crippen LogP contribution in [0.5, 0.6) is 0 Å². The molecule has 1 atom stereocenters. The molecule has 2 rings (SSSR count). The first-order valence-corrected chi connectivity index (χ1v) is 7.00. The van der Waals surface area contributed by atoms with Gasteiger partial charge in [-0.05, 0) is 38.0 Å². The Kier molecular flexibility index (Phi) is 4.88. The number of hydrogen-bond acceptors (Lipinski definition) is 5. The molecule has 1 heterocycles.